The molecule has 7 nitrogen and oxygen atoms in total. The summed E-state index contributed by atoms with van der Waals surface area (Å²) < 4.78 is 4.71. The van der Waals surface area contributed by atoms with E-state index in [9.17, 15) is 9.59 Å². The fourth-order valence-corrected chi connectivity index (χ4v) is 4.36. The third-order valence-corrected chi connectivity index (χ3v) is 5.94. The number of hydrogen-bond acceptors (Lipinski definition) is 4. The van der Waals surface area contributed by atoms with Crippen LogP contribution < -0.4 is 16.1 Å². The lowest BCUT2D eigenvalue weighted by atomic mass is 10.1. The van der Waals surface area contributed by atoms with E-state index in [4.69, 9.17) is 4.98 Å². The van der Waals surface area contributed by atoms with Crippen LogP contribution in [0.3, 0.4) is 0 Å². The Morgan fingerprint density at radius 3 is 2.55 bits per heavy atom. The molecular weight excluding hydrogens is 390 g/mol. The van der Waals surface area contributed by atoms with Gasteiger partial charge in [0.25, 0.3) is 5.56 Å². The van der Waals surface area contributed by atoms with Crippen LogP contribution >= 0.6 is 0 Å². The highest BCUT2D eigenvalue weighted by molar-refractivity contribution is 5.77. The number of fused-ring (bicyclic) bond motifs is 3. The second-order valence-corrected chi connectivity index (χ2v) is 8.87. The lowest BCUT2D eigenvalue weighted by Gasteiger charge is -2.33. The highest BCUT2D eigenvalue weighted by Gasteiger charge is 2.29. The van der Waals surface area contributed by atoms with Crippen molar-refractivity contribution in [2.24, 2.45) is 13.0 Å². The molecule has 7 heteroatoms. The van der Waals surface area contributed by atoms with E-state index in [0.29, 0.717) is 23.6 Å². The summed E-state index contributed by atoms with van der Waals surface area (Å²) in [6.45, 7) is 11.8. The van der Waals surface area contributed by atoms with Gasteiger partial charge in [0.2, 0.25) is 5.95 Å². The molecule has 3 heterocycles. The molecule has 0 unspecified atom stereocenters. The molecule has 4 rings (SSSR count). The predicted octanol–water partition coefficient (Wildman–Crippen LogP) is 3.60. The van der Waals surface area contributed by atoms with Crippen molar-refractivity contribution in [1.82, 2.24) is 18.7 Å². The molecule has 0 amide bonds. The molecule has 164 valence electrons. The van der Waals surface area contributed by atoms with Crippen molar-refractivity contribution >= 4 is 22.8 Å². The van der Waals surface area contributed by atoms with Gasteiger partial charge in [0.1, 0.15) is 0 Å². The smallest absolute Gasteiger partial charge is 0.312 e. The van der Waals surface area contributed by atoms with Crippen LogP contribution in [0, 0.1) is 5.92 Å². The molecule has 0 spiro atoms. The Morgan fingerprint density at radius 2 is 1.90 bits per heavy atom. The van der Waals surface area contributed by atoms with Crippen LogP contribution in [0.1, 0.15) is 39.2 Å². The fraction of sp³-hybridized carbons (Fsp3) is 0.458. The minimum Gasteiger partial charge on any atom is -0.312 e. The van der Waals surface area contributed by atoms with Gasteiger partial charge >= 0.3 is 5.69 Å². The molecule has 0 saturated carbocycles. The molecule has 3 aromatic rings. The maximum atomic E-state index is 13.3. The molecule has 0 saturated heterocycles. The number of nitrogens with zero attached hydrogens (tertiary/aromatic N) is 5. The summed E-state index contributed by atoms with van der Waals surface area (Å²) in [7, 11) is 1.67. The van der Waals surface area contributed by atoms with Crippen LogP contribution in [0.25, 0.3) is 11.2 Å². The van der Waals surface area contributed by atoms with Crippen LogP contribution in [-0.4, -0.2) is 25.2 Å². The summed E-state index contributed by atoms with van der Waals surface area (Å²) in [6.07, 6.45) is 3.44. The Labute approximate surface area is 182 Å². The Balaban J connectivity index is 1.86. The lowest BCUT2D eigenvalue weighted by molar-refractivity contribution is 0.458. The van der Waals surface area contributed by atoms with E-state index in [1.54, 1.807) is 7.05 Å². The summed E-state index contributed by atoms with van der Waals surface area (Å²) >= 11 is 0. The van der Waals surface area contributed by atoms with Crippen LogP contribution in [0.4, 0.5) is 11.6 Å². The van der Waals surface area contributed by atoms with Crippen molar-refractivity contribution < 1.29 is 0 Å². The Morgan fingerprint density at radius 1 is 1.19 bits per heavy atom. The molecule has 0 N–H and O–H groups in total. The first-order chi connectivity index (χ1) is 14.8. The Bertz CT molecular complexity index is 1250. The first-order valence-electron chi connectivity index (χ1n) is 11.0. The number of allylic oxidation sites excluding steroid dienone is 1. The summed E-state index contributed by atoms with van der Waals surface area (Å²) in [4.78, 5) is 33.0. The molecule has 0 bridgehead atoms. The van der Waals surface area contributed by atoms with Gasteiger partial charge in [0.15, 0.2) is 11.2 Å². The molecule has 1 aliphatic heterocycles. The van der Waals surface area contributed by atoms with Crippen molar-refractivity contribution in [3.8, 4) is 0 Å². The Hall–Kier alpha value is -3.09. The fourth-order valence-electron chi connectivity index (χ4n) is 4.36. The van der Waals surface area contributed by atoms with E-state index in [1.807, 2.05) is 11.5 Å². The molecular formula is C24H31N5O2. The second-order valence-electron chi connectivity index (χ2n) is 8.87. The van der Waals surface area contributed by atoms with Gasteiger partial charge in [0.05, 0.1) is 6.54 Å². The van der Waals surface area contributed by atoms with E-state index in [1.165, 1.54) is 27.5 Å². The number of aryl methyl sites for hydroxylation is 2. The maximum absolute atomic E-state index is 13.3. The van der Waals surface area contributed by atoms with E-state index in [-0.39, 0.29) is 17.8 Å². The second kappa shape index (κ2) is 8.21. The van der Waals surface area contributed by atoms with Crippen LogP contribution in [0.15, 0.2) is 46.0 Å². The van der Waals surface area contributed by atoms with Crippen LogP contribution in [0.5, 0.6) is 0 Å². The van der Waals surface area contributed by atoms with Gasteiger partial charge in [-0.2, -0.15) is 4.98 Å². The molecule has 0 radical (unpaired) electrons. The Kier molecular flexibility index (Phi) is 5.60. The van der Waals surface area contributed by atoms with E-state index in [2.05, 4.69) is 49.6 Å². The van der Waals surface area contributed by atoms with Crippen molar-refractivity contribution in [2.75, 3.05) is 11.4 Å². The minimum absolute atomic E-state index is 0.209. The number of imidazole rings is 1. The lowest BCUT2D eigenvalue weighted by Crippen LogP contribution is -2.40. The monoisotopic (exact) mass is 421 g/mol. The molecule has 0 aliphatic carbocycles. The molecule has 1 aromatic carbocycles. The number of aromatic nitrogens is 4. The van der Waals surface area contributed by atoms with E-state index >= 15 is 0 Å². The predicted molar refractivity (Wildman–Crippen MR) is 125 cm³/mol. The molecule has 0 fully saturated rings. The molecule has 2 aromatic heterocycles. The summed E-state index contributed by atoms with van der Waals surface area (Å²) in [5, 5.41) is 0. The van der Waals surface area contributed by atoms with Gasteiger partial charge < -0.3 is 9.47 Å². The number of hydrogen-bond donors (Lipinski definition) is 0. The largest absolute Gasteiger partial charge is 0.332 e. The highest BCUT2D eigenvalue weighted by Crippen LogP contribution is 2.33. The molecule has 31 heavy (non-hydrogen) atoms. The van der Waals surface area contributed by atoms with Gasteiger partial charge in [-0.15, -0.1) is 0 Å². The number of unbranched alkanes of at least 4 members (excludes halogenated alkanes) is 1. The number of anilines is 2. The first kappa shape index (κ1) is 21.2. The van der Waals surface area contributed by atoms with Crippen molar-refractivity contribution in [2.45, 2.75) is 53.1 Å². The average Bonchev–Trinajstić information content (AvgIpc) is 3.13. The van der Waals surface area contributed by atoms with Gasteiger partial charge in [-0.1, -0.05) is 44.6 Å². The average molecular weight is 422 g/mol. The maximum Gasteiger partial charge on any atom is 0.332 e. The van der Waals surface area contributed by atoms with Gasteiger partial charge in [-0.05, 0) is 43.4 Å². The number of rotatable bonds is 6. The zero-order valence-corrected chi connectivity index (χ0v) is 18.9. The molecule has 1 aliphatic rings. The summed E-state index contributed by atoms with van der Waals surface area (Å²) in [5.74, 6) is 1.05. The summed E-state index contributed by atoms with van der Waals surface area (Å²) in [5.41, 5.74) is 3.38. The SMILES string of the molecule is C=C(C)Cn1c(=O)c2c(nc3n2C[C@@H](C)CN3c2ccc(CCCC)cc2)n(C)c1=O. The number of benzene rings is 1. The van der Waals surface area contributed by atoms with E-state index < -0.39 is 0 Å². The van der Waals surface area contributed by atoms with Crippen molar-refractivity contribution in [3.05, 3.63) is 62.8 Å². The third-order valence-electron chi connectivity index (χ3n) is 5.94. The zero-order valence-electron chi connectivity index (χ0n) is 18.9. The molecule has 1 atom stereocenters. The summed E-state index contributed by atoms with van der Waals surface area (Å²) in [6, 6.07) is 8.61. The van der Waals surface area contributed by atoms with Gasteiger partial charge in [-0.3, -0.25) is 13.9 Å². The first-order valence-corrected chi connectivity index (χ1v) is 11.0. The van der Waals surface area contributed by atoms with E-state index in [0.717, 1.165) is 30.2 Å². The van der Waals surface area contributed by atoms with Crippen molar-refractivity contribution in [1.29, 1.82) is 0 Å². The van der Waals surface area contributed by atoms with Crippen LogP contribution in [-0.2, 0) is 26.6 Å². The highest BCUT2D eigenvalue weighted by atomic mass is 16.2. The van der Waals surface area contributed by atoms with Gasteiger partial charge in [0, 0.05) is 25.8 Å². The third kappa shape index (κ3) is 3.73. The normalized spacial score (nSPS) is 16.0. The van der Waals surface area contributed by atoms with Crippen molar-refractivity contribution in [3.63, 3.8) is 0 Å². The standard InChI is InChI=1S/C24H31N5O2/c1-6-7-8-18-9-11-19(12-10-18)27-14-17(4)15-28-20-21(25-23(27)28)26(5)24(31)29(22(20)30)13-16(2)3/h9-12,17H,2,6-8,13-15H2,1,3-5H3/t17-/m0/s1. The van der Waals surface area contributed by atoms with Crippen LogP contribution in [0.2, 0.25) is 0 Å². The van der Waals surface area contributed by atoms with Gasteiger partial charge in [-0.25, -0.2) is 4.79 Å². The topological polar surface area (TPSA) is 65.1 Å². The zero-order chi connectivity index (χ0) is 22.3. The minimum atomic E-state index is -0.365. The quantitative estimate of drug-likeness (QED) is 0.571.